The van der Waals surface area contributed by atoms with Crippen LogP contribution in [0.3, 0.4) is 0 Å². The maximum Gasteiger partial charge on any atom is 0.241 e. The summed E-state index contributed by atoms with van der Waals surface area (Å²) in [4.78, 5) is 0.255. The molecule has 0 heterocycles. The first-order chi connectivity index (χ1) is 8.12. The third kappa shape index (κ3) is 4.99. The lowest BCUT2D eigenvalue weighted by atomic mass is 9.93. The summed E-state index contributed by atoms with van der Waals surface area (Å²) in [6, 6.07) is 5.09. The smallest absolute Gasteiger partial charge is 0.211 e. The first kappa shape index (κ1) is 16.1. The maximum atomic E-state index is 12.1. The first-order valence-electron chi connectivity index (χ1n) is 5.56. The molecule has 1 rings (SSSR count). The molecule has 1 N–H and O–H groups in total. The van der Waals surface area contributed by atoms with Crippen molar-refractivity contribution in [2.75, 3.05) is 6.54 Å². The molecule has 18 heavy (non-hydrogen) atoms. The zero-order valence-corrected chi connectivity index (χ0v) is 14.6. The van der Waals surface area contributed by atoms with E-state index in [1.54, 1.807) is 18.2 Å². The van der Waals surface area contributed by atoms with E-state index in [4.69, 9.17) is 0 Å². The van der Waals surface area contributed by atoms with Crippen molar-refractivity contribution < 1.29 is 8.42 Å². The lowest BCUT2D eigenvalue weighted by Gasteiger charge is -2.18. The van der Waals surface area contributed by atoms with E-state index in [2.05, 4.69) is 57.4 Å². The minimum absolute atomic E-state index is 0.108. The molecule has 0 atom stereocenters. The van der Waals surface area contributed by atoms with Crippen molar-refractivity contribution in [3.8, 4) is 0 Å². The minimum atomic E-state index is -3.46. The molecule has 6 heteroatoms. The van der Waals surface area contributed by atoms with Gasteiger partial charge in [-0.1, -0.05) is 36.7 Å². The summed E-state index contributed by atoms with van der Waals surface area (Å²) in [5, 5.41) is 0. The Morgan fingerprint density at radius 2 is 1.83 bits per heavy atom. The number of hydrogen-bond acceptors (Lipinski definition) is 2. The van der Waals surface area contributed by atoms with Crippen molar-refractivity contribution in [1.82, 2.24) is 4.72 Å². The normalized spacial score (nSPS) is 12.7. The van der Waals surface area contributed by atoms with Crippen LogP contribution in [-0.4, -0.2) is 15.0 Å². The van der Waals surface area contributed by atoms with Gasteiger partial charge in [-0.05, 0) is 46.0 Å². The number of benzene rings is 1. The van der Waals surface area contributed by atoms with Crippen molar-refractivity contribution in [3.63, 3.8) is 0 Å². The Hall–Kier alpha value is 0.0900. The second kappa shape index (κ2) is 6.03. The van der Waals surface area contributed by atoms with Gasteiger partial charge in [0.25, 0.3) is 0 Å². The molecule has 0 unspecified atom stereocenters. The molecule has 0 aromatic heterocycles. The highest BCUT2D eigenvalue weighted by Gasteiger charge is 2.19. The topological polar surface area (TPSA) is 46.2 Å². The highest BCUT2D eigenvalue weighted by Crippen LogP contribution is 2.26. The van der Waals surface area contributed by atoms with Gasteiger partial charge < -0.3 is 0 Å². The lowest BCUT2D eigenvalue weighted by molar-refractivity contribution is 0.378. The summed E-state index contributed by atoms with van der Waals surface area (Å²) in [5.41, 5.74) is 0.108. The lowest BCUT2D eigenvalue weighted by Crippen LogP contribution is -2.27. The molecule has 102 valence electrons. The van der Waals surface area contributed by atoms with E-state index < -0.39 is 10.0 Å². The summed E-state index contributed by atoms with van der Waals surface area (Å²) in [6.07, 6.45) is 0.790. The summed E-state index contributed by atoms with van der Waals surface area (Å²) >= 11 is 6.53. The Morgan fingerprint density at radius 1 is 1.22 bits per heavy atom. The van der Waals surface area contributed by atoms with E-state index >= 15 is 0 Å². The van der Waals surface area contributed by atoms with Gasteiger partial charge in [0.1, 0.15) is 0 Å². The van der Waals surface area contributed by atoms with E-state index in [-0.39, 0.29) is 10.3 Å². The van der Waals surface area contributed by atoms with Gasteiger partial charge in [-0.25, -0.2) is 13.1 Å². The monoisotopic (exact) mass is 397 g/mol. The van der Waals surface area contributed by atoms with Crippen molar-refractivity contribution in [1.29, 1.82) is 0 Å². The molecule has 0 aliphatic rings. The van der Waals surface area contributed by atoms with Gasteiger partial charge in [0.05, 0.1) is 4.90 Å². The third-order valence-corrected chi connectivity index (χ3v) is 5.30. The second-order valence-corrected chi connectivity index (χ2v) is 8.79. The van der Waals surface area contributed by atoms with Gasteiger partial charge in [-0.15, -0.1) is 0 Å². The van der Waals surface area contributed by atoms with E-state index in [9.17, 15) is 8.42 Å². The fraction of sp³-hybridized carbons (Fsp3) is 0.500. The van der Waals surface area contributed by atoms with Crippen LogP contribution >= 0.6 is 31.9 Å². The largest absolute Gasteiger partial charge is 0.241 e. The van der Waals surface area contributed by atoms with Crippen molar-refractivity contribution in [3.05, 3.63) is 27.1 Å². The highest BCUT2D eigenvalue weighted by molar-refractivity contribution is 9.11. The van der Waals surface area contributed by atoms with Crippen LogP contribution in [-0.2, 0) is 10.0 Å². The molecule has 0 spiro atoms. The van der Waals surface area contributed by atoms with Crippen LogP contribution in [0.25, 0.3) is 0 Å². The van der Waals surface area contributed by atoms with Gasteiger partial charge in [0.15, 0.2) is 0 Å². The second-order valence-electron chi connectivity index (χ2n) is 5.28. The SMILES string of the molecule is CC(C)(C)CCNS(=O)(=O)c1cc(Br)ccc1Br. The minimum Gasteiger partial charge on any atom is -0.211 e. The molecule has 0 aliphatic carbocycles. The summed E-state index contributed by atoms with van der Waals surface area (Å²) < 4.78 is 28.2. The van der Waals surface area contributed by atoms with Crippen LogP contribution < -0.4 is 4.72 Å². The molecular weight excluding hydrogens is 382 g/mol. The van der Waals surface area contributed by atoms with Crippen LogP contribution in [0.1, 0.15) is 27.2 Å². The number of rotatable bonds is 4. The van der Waals surface area contributed by atoms with Crippen molar-refractivity contribution in [2.24, 2.45) is 5.41 Å². The molecular formula is C12H17Br2NO2S. The van der Waals surface area contributed by atoms with E-state index in [0.717, 1.165) is 10.9 Å². The fourth-order valence-corrected chi connectivity index (χ4v) is 3.85. The summed E-state index contributed by atoms with van der Waals surface area (Å²) in [5.74, 6) is 0. The molecule has 0 saturated carbocycles. The van der Waals surface area contributed by atoms with Gasteiger partial charge in [0, 0.05) is 15.5 Å². The van der Waals surface area contributed by atoms with E-state index in [1.807, 2.05) is 0 Å². The number of hydrogen-bond donors (Lipinski definition) is 1. The highest BCUT2D eigenvalue weighted by atomic mass is 79.9. The Kier molecular flexibility index (Phi) is 5.41. The average molecular weight is 399 g/mol. The molecule has 0 saturated heterocycles. The third-order valence-electron chi connectivity index (χ3n) is 2.35. The molecule has 0 amide bonds. The van der Waals surface area contributed by atoms with Gasteiger partial charge >= 0.3 is 0 Å². The van der Waals surface area contributed by atoms with Crippen LogP contribution in [0.4, 0.5) is 0 Å². The molecule has 0 aliphatic heterocycles. The van der Waals surface area contributed by atoms with Crippen LogP contribution in [0.5, 0.6) is 0 Å². The predicted octanol–water partition coefficient (Wildman–Crippen LogP) is 3.93. The Labute approximate surface area is 126 Å². The molecule has 0 radical (unpaired) electrons. The van der Waals surface area contributed by atoms with Crippen LogP contribution in [0.2, 0.25) is 0 Å². The van der Waals surface area contributed by atoms with Crippen LogP contribution in [0.15, 0.2) is 32.0 Å². The average Bonchev–Trinajstić information content (AvgIpc) is 2.19. The molecule has 0 bridgehead atoms. The van der Waals surface area contributed by atoms with Crippen LogP contribution in [0, 0.1) is 5.41 Å². The van der Waals surface area contributed by atoms with E-state index in [0.29, 0.717) is 11.0 Å². The van der Waals surface area contributed by atoms with Gasteiger partial charge in [-0.3, -0.25) is 0 Å². The Balaban J connectivity index is 2.84. The quantitative estimate of drug-likeness (QED) is 0.835. The summed E-state index contributed by atoms with van der Waals surface area (Å²) in [7, 11) is -3.46. The molecule has 1 aromatic carbocycles. The van der Waals surface area contributed by atoms with E-state index in [1.165, 1.54) is 0 Å². The molecule has 0 fully saturated rings. The Bertz CT molecular complexity index is 521. The molecule has 3 nitrogen and oxygen atoms in total. The van der Waals surface area contributed by atoms with Crippen molar-refractivity contribution in [2.45, 2.75) is 32.1 Å². The number of nitrogens with one attached hydrogen (secondary N) is 1. The fourth-order valence-electron chi connectivity index (χ4n) is 1.32. The first-order valence-corrected chi connectivity index (χ1v) is 8.63. The number of halogens is 2. The zero-order chi connectivity index (χ0) is 14.0. The number of sulfonamides is 1. The predicted molar refractivity (Wildman–Crippen MR) is 81.1 cm³/mol. The summed E-state index contributed by atoms with van der Waals surface area (Å²) in [6.45, 7) is 6.67. The standard InChI is InChI=1S/C12H17Br2NO2S/c1-12(2,3)6-7-15-18(16,17)11-8-9(13)4-5-10(11)14/h4-5,8,15H,6-7H2,1-3H3. The maximum absolute atomic E-state index is 12.1. The molecule has 1 aromatic rings. The Morgan fingerprint density at radius 3 is 2.39 bits per heavy atom. The van der Waals surface area contributed by atoms with Gasteiger partial charge in [-0.2, -0.15) is 0 Å². The van der Waals surface area contributed by atoms with Gasteiger partial charge in [0.2, 0.25) is 10.0 Å². The zero-order valence-electron chi connectivity index (χ0n) is 10.6. The van der Waals surface area contributed by atoms with Crippen molar-refractivity contribution >= 4 is 41.9 Å².